The van der Waals surface area contributed by atoms with Gasteiger partial charge in [0.25, 0.3) is 0 Å². The third-order valence-electron chi connectivity index (χ3n) is 3.37. The first-order valence-corrected chi connectivity index (χ1v) is 4.58. The van der Waals surface area contributed by atoms with Gasteiger partial charge in [0.05, 0.1) is 6.10 Å². The Bertz CT molecular complexity index is 170. The molecule has 0 aliphatic heterocycles. The zero-order chi connectivity index (χ0) is 9.41. The highest BCUT2D eigenvalue weighted by Crippen LogP contribution is 2.48. The Labute approximate surface area is 74.4 Å². The lowest BCUT2D eigenvalue weighted by atomic mass is 9.55. The highest BCUT2D eigenvalue weighted by molar-refractivity contribution is 5.13. The maximum atomic E-state index is 6.10. The first kappa shape index (κ1) is 9.96. The molecule has 0 aromatic rings. The van der Waals surface area contributed by atoms with Crippen LogP contribution >= 0.6 is 0 Å². The lowest BCUT2D eigenvalue weighted by molar-refractivity contribution is -0.145. The van der Waals surface area contributed by atoms with E-state index in [0.717, 1.165) is 13.0 Å². The fraction of sp³-hybridized carbons (Fsp3) is 1.00. The van der Waals surface area contributed by atoms with Crippen LogP contribution in [0, 0.1) is 5.41 Å². The van der Waals surface area contributed by atoms with Crippen molar-refractivity contribution >= 4 is 0 Å². The molecule has 0 heterocycles. The molecule has 72 valence electrons. The topological polar surface area (TPSA) is 61.3 Å². The third-order valence-corrected chi connectivity index (χ3v) is 3.37. The molecule has 1 aliphatic carbocycles. The Morgan fingerprint density at radius 1 is 1.50 bits per heavy atom. The van der Waals surface area contributed by atoms with Gasteiger partial charge in [-0.3, -0.25) is 0 Å². The summed E-state index contributed by atoms with van der Waals surface area (Å²) < 4.78 is 5.55. The fourth-order valence-corrected chi connectivity index (χ4v) is 1.85. The van der Waals surface area contributed by atoms with Crippen LogP contribution in [0.25, 0.3) is 0 Å². The average molecular weight is 172 g/mol. The normalized spacial score (nSPS) is 39.2. The molecular formula is C9H20N2O. The minimum atomic E-state index is -0.215. The summed E-state index contributed by atoms with van der Waals surface area (Å²) in [6.07, 6.45) is 1.18. The zero-order valence-corrected chi connectivity index (χ0v) is 8.26. The van der Waals surface area contributed by atoms with Crippen LogP contribution in [-0.4, -0.2) is 24.8 Å². The summed E-state index contributed by atoms with van der Waals surface area (Å²) in [5.41, 5.74) is 11.5. The molecule has 0 amide bonds. The van der Waals surface area contributed by atoms with Crippen molar-refractivity contribution in [2.45, 2.75) is 38.8 Å². The predicted molar refractivity (Wildman–Crippen MR) is 49.8 cm³/mol. The van der Waals surface area contributed by atoms with E-state index in [2.05, 4.69) is 13.8 Å². The van der Waals surface area contributed by atoms with E-state index in [1.54, 1.807) is 0 Å². The quantitative estimate of drug-likeness (QED) is 0.651. The van der Waals surface area contributed by atoms with Gasteiger partial charge in [0, 0.05) is 24.1 Å². The van der Waals surface area contributed by atoms with Crippen molar-refractivity contribution in [2.75, 3.05) is 13.2 Å². The smallest absolute Gasteiger partial charge is 0.0662 e. The molecule has 0 bridgehead atoms. The van der Waals surface area contributed by atoms with Gasteiger partial charge in [-0.15, -0.1) is 0 Å². The average Bonchev–Trinajstić information content (AvgIpc) is 2.04. The summed E-state index contributed by atoms with van der Waals surface area (Å²) in [5.74, 6) is 0. The van der Waals surface area contributed by atoms with Gasteiger partial charge in [0.15, 0.2) is 0 Å². The van der Waals surface area contributed by atoms with Crippen molar-refractivity contribution in [1.29, 1.82) is 0 Å². The molecule has 12 heavy (non-hydrogen) atoms. The molecule has 0 spiro atoms. The van der Waals surface area contributed by atoms with Crippen LogP contribution in [0.4, 0.5) is 0 Å². The standard InChI is InChI=1S/C9H20N2O/c1-4-12-7-5-9(11,6-10)8(7,2)3/h7H,4-6,10-11H2,1-3H3. The summed E-state index contributed by atoms with van der Waals surface area (Å²) >= 11 is 0. The Morgan fingerprint density at radius 2 is 2.08 bits per heavy atom. The Balaban J connectivity index is 2.59. The molecule has 1 aliphatic rings. The van der Waals surface area contributed by atoms with Gasteiger partial charge in [0.1, 0.15) is 0 Å². The number of rotatable bonds is 3. The highest BCUT2D eigenvalue weighted by atomic mass is 16.5. The molecule has 1 rings (SSSR count). The molecule has 0 aromatic heterocycles. The van der Waals surface area contributed by atoms with Crippen molar-refractivity contribution in [3.63, 3.8) is 0 Å². The van der Waals surface area contributed by atoms with Crippen LogP contribution < -0.4 is 11.5 Å². The third kappa shape index (κ3) is 1.16. The van der Waals surface area contributed by atoms with Crippen LogP contribution in [0.1, 0.15) is 27.2 Å². The van der Waals surface area contributed by atoms with Crippen LogP contribution in [0.5, 0.6) is 0 Å². The second-order valence-corrected chi connectivity index (χ2v) is 4.23. The van der Waals surface area contributed by atoms with Gasteiger partial charge in [-0.05, 0) is 13.3 Å². The molecule has 3 nitrogen and oxygen atoms in total. The van der Waals surface area contributed by atoms with Gasteiger partial charge in [-0.2, -0.15) is 0 Å². The van der Waals surface area contributed by atoms with E-state index < -0.39 is 0 Å². The van der Waals surface area contributed by atoms with Gasteiger partial charge in [-0.1, -0.05) is 13.8 Å². The first-order chi connectivity index (χ1) is 5.48. The van der Waals surface area contributed by atoms with Gasteiger partial charge in [0.2, 0.25) is 0 Å². The molecule has 0 radical (unpaired) electrons. The number of nitrogens with two attached hydrogens (primary N) is 2. The van der Waals surface area contributed by atoms with Crippen molar-refractivity contribution in [2.24, 2.45) is 16.9 Å². The summed E-state index contributed by atoms with van der Waals surface area (Å²) in [4.78, 5) is 0. The van der Waals surface area contributed by atoms with E-state index in [-0.39, 0.29) is 17.1 Å². The van der Waals surface area contributed by atoms with Crippen LogP contribution in [-0.2, 0) is 4.74 Å². The minimum Gasteiger partial charge on any atom is -0.378 e. The van der Waals surface area contributed by atoms with Gasteiger partial charge >= 0.3 is 0 Å². The highest BCUT2D eigenvalue weighted by Gasteiger charge is 2.57. The number of hydrogen-bond acceptors (Lipinski definition) is 3. The Kier molecular flexibility index (Phi) is 2.47. The van der Waals surface area contributed by atoms with Crippen molar-refractivity contribution < 1.29 is 4.74 Å². The second kappa shape index (κ2) is 2.98. The van der Waals surface area contributed by atoms with Crippen LogP contribution in [0.2, 0.25) is 0 Å². The van der Waals surface area contributed by atoms with E-state index in [4.69, 9.17) is 16.2 Å². The molecule has 0 aromatic carbocycles. The molecule has 3 heteroatoms. The molecular weight excluding hydrogens is 152 g/mol. The molecule has 2 atom stereocenters. The molecule has 0 saturated heterocycles. The minimum absolute atomic E-state index is 0.0256. The Hall–Kier alpha value is -0.120. The number of ether oxygens (including phenoxy) is 1. The molecule has 2 unspecified atom stereocenters. The molecule has 1 saturated carbocycles. The summed E-state index contributed by atoms with van der Waals surface area (Å²) in [6.45, 7) is 7.57. The van der Waals surface area contributed by atoms with Gasteiger partial charge < -0.3 is 16.2 Å². The molecule has 1 fully saturated rings. The van der Waals surface area contributed by atoms with Crippen LogP contribution in [0.15, 0.2) is 0 Å². The summed E-state index contributed by atoms with van der Waals surface area (Å²) in [7, 11) is 0. The second-order valence-electron chi connectivity index (χ2n) is 4.23. The van der Waals surface area contributed by atoms with Crippen molar-refractivity contribution in [3.8, 4) is 0 Å². The lowest BCUT2D eigenvalue weighted by Gasteiger charge is -2.58. The van der Waals surface area contributed by atoms with E-state index in [9.17, 15) is 0 Å². The monoisotopic (exact) mass is 172 g/mol. The predicted octanol–water partition coefficient (Wildman–Crippen LogP) is 0.478. The SMILES string of the molecule is CCOC1CC(N)(CN)C1(C)C. The Morgan fingerprint density at radius 3 is 2.42 bits per heavy atom. The van der Waals surface area contributed by atoms with Crippen LogP contribution in [0.3, 0.4) is 0 Å². The summed E-state index contributed by atoms with van der Waals surface area (Å²) in [6, 6.07) is 0. The summed E-state index contributed by atoms with van der Waals surface area (Å²) in [5, 5.41) is 0. The first-order valence-electron chi connectivity index (χ1n) is 4.58. The van der Waals surface area contributed by atoms with Gasteiger partial charge in [-0.25, -0.2) is 0 Å². The van der Waals surface area contributed by atoms with E-state index in [0.29, 0.717) is 6.54 Å². The number of hydrogen-bond donors (Lipinski definition) is 2. The largest absolute Gasteiger partial charge is 0.378 e. The lowest BCUT2D eigenvalue weighted by Crippen LogP contribution is -2.72. The fourth-order valence-electron chi connectivity index (χ4n) is 1.85. The van der Waals surface area contributed by atoms with E-state index in [1.165, 1.54) is 0 Å². The van der Waals surface area contributed by atoms with Crippen molar-refractivity contribution in [3.05, 3.63) is 0 Å². The molecule has 4 N–H and O–H groups in total. The maximum Gasteiger partial charge on any atom is 0.0662 e. The van der Waals surface area contributed by atoms with E-state index in [1.807, 2.05) is 6.92 Å². The van der Waals surface area contributed by atoms with E-state index >= 15 is 0 Å². The zero-order valence-electron chi connectivity index (χ0n) is 8.26. The maximum absolute atomic E-state index is 6.10. The van der Waals surface area contributed by atoms with Crippen molar-refractivity contribution in [1.82, 2.24) is 0 Å².